The van der Waals surface area contributed by atoms with E-state index in [9.17, 15) is 5.11 Å². The first-order chi connectivity index (χ1) is 10.8. The van der Waals surface area contributed by atoms with Crippen LogP contribution in [0.1, 0.15) is 42.5 Å². The minimum atomic E-state index is -0.203. The number of benzene rings is 2. The summed E-state index contributed by atoms with van der Waals surface area (Å²) < 4.78 is 0. The Labute approximate surface area is 132 Å². The Morgan fingerprint density at radius 3 is 1.64 bits per heavy atom. The molecular weight excluding hydrogens is 270 g/mol. The number of aliphatic hydroxyl groups is 1. The van der Waals surface area contributed by atoms with Gasteiger partial charge in [-0.3, -0.25) is 0 Å². The highest BCUT2D eigenvalue weighted by molar-refractivity contribution is 5.27. The lowest BCUT2D eigenvalue weighted by Gasteiger charge is -2.50. The van der Waals surface area contributed by atoms with Gasteiger partial charge in [-0.25, -0.2) is 0 Å². The molecule has 114 valence electrons. The lowest BCUT2D eigenvalue weighted by molar-refractivity contribution is -0.0517. The second-order valence-electron chi connectivity index (χ2n) is 6.69. The maximum atomic E-state index is 10.9. The fourth-order valence-electron chi connectivity index (χ4n) is 4.42. The van der Waals surface area contributed by atoms with E-state index in [2.05, 4.69) is 66.0 Å². The fraction of sp³-hybridized carbons (Fsp3) is 0.400. The van der Waals surface area contributed by atoms with Gasteiger partial charge in [0.15, 0.2) is 0 Å². The van der Waals surface area contributed by atoms with Crippen LogP contribution in [0.2, 0.25) is 0 Å². The smallest absolute Gasteiger partial charge is 0.0632 e. The van der Waals surface area contributed by atoms with Crippen LogP contribution in [0.5, 0.6) is 0 Å². The van der Waals surface area contributed by atoms with E-state index in [-0.39, 0.29) is 18.2 Å². The van der Waals surface area contributed by atoms with Gasteiger partial charge in [0, 0.05) is 23.9 Å². The van der Waals surface area contributed by atoms with E-state index in [0.29, 0.717) is 11.8 Å². The second kappa shape index (κ2) is 5.86. The van der Waals surface area contributed by atoms with Gasteiger partial charge in [-0.1, -0.05) is 67.1 Å². The van der Waals surface area contributed by atoms with Crippen molar-refractivity contribution in [2.24, 2.45) is 11.8 Å². The average molecular weight is 293 g/mol. The zero-order chi connectivity index (χ0) is 14.9. The number of fused-ring (bicyclic) bond motifs is 2. The molecule has 1 aliphatic heterocycles. The van der Waals surface area contributed by atoms with E-state index in [1.807, 2.05) is 0 Å². The Morgan fingerprint density at radius 1 is 0.727 bits per heavy atom. The van der Waals surface area contributed by atoms with E-state index >= 15 is 0 Å². The van der Waals surface area contributed by atoms with Crippen molar-refractivity contribution in [2.75, 3.05) is 0 Å². The summed E-state index contributed by atoms with van der Waals surface area (Å²) in [6.45, 7) is 0. The van der Waals surface area contributed by atoms with Crippen LogP contribution in [0.15, 0.2) is 60.7 Å². The first-order valence-corrected chi connectivity index (χ1v) is 8.38. The molecule has 2 N–H and O–H groups in total. The molecule has 1 saturated carbocycles. The molecule has 0 spiro atoms. The summed E-state index contributed by atoms with van der Waals surface area (Å²) in [5.74, 6) is 0.669. The predicted molar refractivity (Wildman–Crippen MR) is 88.3 cm³/mol. The first kappa shape index (κ1) is 14.0. The van der Waals surface area contributed by atoms with E-state index in [1.54, 1.807) is 0 Å². The van der Waals surface area contributed by atoms with Crippen LogP contribution in [-0.4, -0.2) is 11.2 Å². The van der Waals surface area contributed by atoms with Crippen LogP contribution in [-0.2, 0) is 0 Å². The highest BCUT2D eigenvalue weighted by Gasteiger charge is 2.46. The molecular formula is C20H23NO. The van der Waals surface area contributed by atoms with Crippen molar-refractivity contribution in [2.45, 2.75) is 37.5 Å². The number of hydrogen-bond acceptors (Lipinski definition) is 2. The van der Waals surface area contributed by atoms with Crippen LogP contribution in [0, 0.1) is 11.8 Å². The van der Waals surface area contributed by atoms with Gasteiger partial charge in [0.05, 0.1) is 6.10 Å². The van der Waals surface area contributed by atoms with E-state index in [1.165, 1.54) is 17.5 Å². The van der Waals surface area contributed by atoms with E-state index < -0.39 is 0 Å². The van der Waals surface area contributed by atoms with Gasteiger partial charge in [-0.15, -0.1) is 0 Å². The van der Waals surface area contributed by atoms with Crippen molar-refractivity contribution in [3.63, 3.8) is 0 Å². The summed E-state index contributed by atoms with van der Waals surface area (Å²) in [5, 5.41) is 14.8. The maximum Gasteiger partial charge on any atom is 0.0632 e. The molecule has 2 fully saturated rings. The third-order valence-electron chi connectivity index (χ3n) is 5.49. The highest BCUT2D eigenvalue weighted by atomic mass is 16.3. The van der Waals surface area contributed by atoms with Crippen molar-refractivity contribution in [1.29, 1.82) is 0 Å². The predicted octanol–water partition coefficient (Wildman–Crippen LogP) is 3.85. The molecule has 4 atom stereocenters. The van der Waals surface area contributed by atoms with Crippen molar-refractivity contribution in [3.8, 4) is 0 Å². The van der Waals surface area contributed by atoms with Crippen LogP contribution >= 0.6 is 0 Å². The molecule has 2 aliphatic rings. The summed E-state index contributed by atoms with van der Waals surface area (Å²) in [4.78, 5) is 0. The lowest BCUT2D eigenvalue weighted by atomic mass is 9.66. The van der Waals surface area contributed by atoms with Gasteiger partial charge in [-0.2, -0.15) is 0 Å². The second-order valence-corrected chi connectivity index (χ2v) is 6.69. The zero-order valence-electron chi connectivity index (χ0n) is 12.7. The minimum Gasteiger partial charge on any atom is -0.392 e. The molecule has 2 aromatic carbocycles. The summed E-state index contributed by atoms with van der Waals surface area (Å²) in [7, 11) is 0. The number of nitrogens with one attached hydrogen (secondary N) is 1. The third-order valence-corrected chi connectivity index (χ3v) is 5.49. The Hall–Kier alpha value is -1.64. The number of aliphatic hydroxyl groups excluding tert-OH is 1. The van der Waals surface area contributed by atoms with E-state index in [4.69, 9.17) is 0 Å². The van der Waals surface area contributed by atoms with Gasteiger partial charge < -0.3 is 10.4 Å². The van der Waals surface area contributed by atoms with Gasteiger partial charge in [0.25, 0.3) is 0 Å². The summed E-state index contributed by atoms with van der Waals surface area (Å²) in [5.41, 5.74) is 2.60. The minimum absolute atomic E-state index is 0.203. The van der Waals surface area contributed by atoms with Crippen molar-refractivity contribution in [1.82, 2.24) is 5.32 Å². The molecule has 0 radical (unpaired) electrons. The Kier molecular flexibility index (Phi) is 3.73. The van der Waals surface area contributed by atoms with Gasteiger partial charge >= 0.3 is 0 Å². The lowest BCUT2D eigenvalue weighted by Crippen LogP contribution is -2.52. The summed E-state index contributed by atoms with van der Waals surface area (Å²) in [6, 6.07) is 21.7. The van der Waals surface area contributed by atoms with Crippen molar-refractivity contribution in [3.05, 3.63) is 71.8 Å². The SMILES string of the molecule is OC1[C@H]2CCC[C@H]1[C@@H](c1ccccc1)N[C@@H]2c1ccccc1. The quantitative estimate of drug-likeness (QED) is 0.881. The Balaban J connectivity index is 1.71. The third kappa shape index (κ3) is 2.37. The molecule has 2 heteroatoms. The standard InChI is InChI=1S/C20H23NO/c22-20-16-12-7-13-17(20)19(15-10-5-2-6-11-15)21-18(16)14-8-3-1-4-9-14/h1-6,8-11,16-22H,7,12-13H2/t16-,17-,18+,19+/m0/s1. The molecule has 0 aromatic heterocycles. The summed E-state index contributed by atoms with van der Waals surface area (Å²) in [6.07, 6.45) is 3.25. The largest absolute Gasteiger partial charge is 0.392 e. The molecule has 2 bridgehead atoms. The number of piperidine rings is 1. The number of hydrogen-bond donors (Lipinski definition) is 2. The van der Waals surface area contributed by atoms with Crippen LogP contribution < -0.4 is 5.32 Å². The van der Waals surface area contributed by atoms with E-state index in [0.717, 1.165) is 12.8 Å². The zero-order valence-corrected chi connectivity index (χ0v) is 12.7. The molecule has 0 amide bonds. The molecule has 2 nitrogen and oxygen atoms in total. The van der Waals surface area contributed by atoms with Gasteiger partial charge in [0.1, 0.15) is 0 Å². The topological polar surface area (TPSA) is 32.3 Å². The van der Waals surface area contributed by atoms with Crippen molar-refractivity contribution < 1.29 is 5.11 Å². The average Bonchev–Trinajstić information content (AvgIpc) is 2.57. The maximum absolute atomic E-state index is 10.9. The van der Waals surface area contributed by atoms with Crippen LogP contribution in [0.3, 0.4) is 0 Å². The highest BCUT2D eigenvalue weighted by Crippen LogP contribution is 2.47. The Morgan fingerprint density at radius 2 is 1.18 bits per heavy atom. The van der Waals surface area contributed by atoms with Crippen LogP contribution in [0.25, 0.3) is 0 Å². The molecule has 4 rings (SSSR count). The molecule has 0 unspecified atom stereocenters. The molecule has 1 aliphatic carbocycles. The molecule has 2 aromatic rings. The first-order valence-electron chi connectivity index (χ1n) is 8.38. The molecule has 22 heavy (non-hydrogen) atoms. The summed E-state index contributed by atoms with van der Waals surface area (Å²) >= 11 is 0. The van der Waals surface area contributed by atoms with Crippen molar-refractivity contribution >= 4 is 0 Å². The van der Waals surface area contributed by atoms with Crippen LogP contribution in [0.4, 0.5) is 0 Å². The monoisotopic (exact) mass is 293 g/mol. The van der Waals surface area contributed by atoms with Gasteiger partial charge in [-0.05, 0) is 24.0 Å². The normalized spacial score (nSPS) is 34.3. The van der Waals surface area contributed by atoms with Gasteiger partial charge in [0.2, 0.25) is 0 Å². The number of rotatable bonds is 2. The molecule has 1 heterocycles. The fourth-order valence-corrected chi connectivity index (χ4v) is 4.42. The Bertz CT molecular complexity index is 559. The molecule has 1 saturated heterocycles.